The Balaban J connectivity index is 1.75. The van der Waals surface area contributed by atoms with E-state index in [4.69, 9.17) is 18.2 Å². The molecule has 0 unspecified atom stereocenters. The van der Waals surface area contributed by atoms with Crippen molar-refractivity contribution < 1.29 is 9.18 Å². The molecule has 0 saturated heterocycles. The highest BCUT2D eigenvalue weighted by molar-refractivity contribution is 6.33. The number of halogens is 2. The summed E-state index contributed by atoms with van der Waals surface area (Å²) in [6.07, 6.45) is 1.42. The molecule has 124 valence electrons. The number of nitrogens with one attached hydrogen (secondary N) is 1. The fourth-order valence-electron chi connectivity index (χ4n) is 2.15. The highest BCUT2D eigenvalue weighted by atomic mass is 35.5. The molecule has 0 aliphatic heterocycles. The van der Waals surface area contributed by atoms with E-state index < -0.39 is 11.7 Å². The van der Waals surface area contributed by atoms with E-state index in [-0.39, 0.29) is 22.2 Å². The number of rotatable bonds is 4. The SMILES string of the molecule is [C-]#[N+]c1ccc(NC(=O)c2ncn(Cc3ccccc3)n2)c(F)c1Cl. The summed E-state index contributed by atoms with van der Waals surface area (Å²) in [4.78, 5) is 19.2. The second-order valence-corrected chi connectivity index (χ2v) is 5.46. The molecular formula is C17H11ClFN5O. The molecule has 2 aromatic carbocycles. The molecule has 1 aromatic heterocycles. The van der Waals surface area contributed by atoms with Gasteiger partial charge in [0.25, 0.3) is 5.91 Å². The van der Waals surface area contributed by atoms with Crippen LogP contribution in [-0.2, 0) is 6.54 Å². The first-order valence-electron chi connectivity index (χ1n) is 7.18. The first-order valence-corrected chi connectivity index (χ1v) is 7.56. The molecule has 25 heavy (non-hydrogen) atoms. The van der Waals surface area contributed by atoms with Crippen LogP contribution in [0.15, 0.2) is 48.8 Å². The Morgan fingerprint density at radius 2 is 2.04 bits per heavy atom. The number of benzene rings is 2. The summed E-state index contributed by atoms with van der Waals surface area (Å²) < 4.78 is 15.6. The Bertz CT molecular complexity index is 965. The Labute approximate surface area is 147 Å². The molecule has 6 nitrogen and oxygen atoms in total. The van der Waals surface area contributed by atoms with Gasteiger partial charge < -0.3 is 5.32 Å². The maximum atomic E-state index is 14.1. The second-order valence-electron chi connectivity index (χ2n) is 5.08. The van der Waals surface area contributed by atoms with Gasteiger partial charge in [-0.3, -0.25) is 4.79 Å². The summed E-state index contributed by atoms with van der Waals surface area (Å²) >= 11 is 5.75. The molecule has 0 fully saturated rings. The molecule has 0 spiro atoms. The minimum Gasteiger partial charge on any atom is -0.317 e. The molecule has 3 rings (SSSR count). The van der Waals surface area contributed by atoms with Crippen LogP contribution in [-0.4, -0.2) is 20.7 Å². The molecular weight excluding hydrogens is 345 g/mol. The lowest BCUT2D eigenvalue weighted by Gasteiger charge is -2.06. The minimum absolute atomic E-state index is 0.0255. The van der Waals surface area contributed by atoms with Gasteiger partial charge >= 0.3 is 0 Å². The molecule has 0 radical (unpaired) electrons. The lowest BCUT2D eigenvalue weighted by Crippen LogP contribution is -2.15. The van der Waals surface area contributed by atoms with Crippen LogP contribution in [0.3, 0.4) is 0 Å². The van der Waals surface area contributed by atoms with E-state index in [2.05, 4.69) is 20.2 Å². The van der Waals surface area contributed by atoms with Crippen LogP contribution in [0.5, 0.6) is 0 Å². The van der Waals surface area contributed by atoms with Crippen LogP contribution in [0, 0.1) is 12.4 Å². The number of hydrogen-bond donors (Lipinski definition) is 1. The molecule has 0 aliphatic rings. The van der Waals surface area contributed by atoms with E-state index in [9.17, 15) is 9.18 Å². The van der Waals surface area contributed by atoms with Gasteiger partial charge in [-0.2, -0.15) is 0 Å². The summed E-state index contributed by atoms with van der Waals surface area (Å²) in [5.41, 5.74) is 0.844. The molecule has 1 heterocycles. The summed E-state index contributed by atoms with van der Waals surface area (Å²) in [6.45, 7) is 7.35. The molecule has 0 aliphatic carbocycles. The van der Waals surface area contributed by atoms with Crippen LogP contribution in [0.2, 0.25) is 5.02 Å². The third-order valence-electron chi connectivity index (χ3n) is 3.36. The Kier molecular flexibility index (Phi) is 4.73. The van der Waals surface area contributed by atoms with E-state index >= 15 is 0 Å². The van der Waals surface area contributed by atoms with Crippen molar-refractivity contribution in [3.8, 4) is 0 Å². The lowest BCUT2D eigenvalue weighted by molar-refractivity contribution is 0.101. The number of carbonyl (C=O) groups excluding carboxylic acids is 1. The summed E-state index contributed by atoms with van der Waals surface area (Å²) in [6, 6.07) is 12.2. The van der Waals surface area contributed by atoms with E-state index in [1.807, 2.05) is 30.3 Å². The number of nitrogens with zero attached hydrogens (tertiary/aromatic N) is 4. The van der Waals surface area contributed by atoms with Crippen LogP contribution in [0.1, 0.15) is 16.2 Å². The number of hydrogen-bond acceptors (Lipinski definition) is 3. The number of aromatic nitrogens is 3. The Hall–Kier alpha value is -3.24. The fraction of sp³-hybridized carbons (Fsp3) is 0.0588. The summed E-state index contributed by atoms with van der Waals surface area (Å²) in [7, 11) is 0. The van der Waals surface area contributed by atoms with Crippen molar-refractivity contribution in [2.45, 2.75) is 6.54 Å². The van der Waals surface area contributed by atoms with Crippen LogP contribution in [0.4, 0.5) is 15.8 Å². The third-order valence-corrected chi connectivity index (χ3v) is 3.72. The molecule has 0 bridgehead atoms. The van der Waals surface area contributed by atoms with Crippen LogP contribution in [0.25, 0.3) is 4.85 Å². The van der Waals surface area contributed by atoms with E-state index in [1.54, 1.807) is 0 Å². The Morgan fingerprint density at radius 3 is 2.76 bits per heavy atom. The second kappa shape index (κ2) is 7.11. The van der Waals surface area contributed by atoms with Gasteiger partial charge in [0.2, 0.25) is 11.5 Å². The van der Waals surface area contributed by atoms with Gasteiger partial charge in [0, 0.05) is 0 Å². The summed E-state index contributed by atoms with van der Waals surface area (Å²) in [5, 5.41) is 6.10. The first-order chi connectivity index (χ1) is 12.1. The third kappa shape index (κ3) is 3.65. The van der Waals surface area contributed by atoms with Crippen molar-refractivity contribution in [1.29, 1.82) is 0 Å². The maximum Gasteiger partial charge on any atom is 0.295 e. The monoisotopic (exact) mass is 355 g/mol. The van der Waals surface area contributed by atoms with Crippen LogP contribution >= 0.6 is 11.6 Å². The zero-order chi connectivity index (χ0) is 17.8. The van der Waals surface area contributed by atoms with Gasteiger partial charge in [0.15, 0.2) is 5.82 Å². The van der Waals surface area contributed by atoms with E-state index in [0.717, 1.165) is 5.56 Å². The van der Waals surface area contributed by atoms with Gasteiger partial charge in [-0.25, -0.2) is 18.9 Å². The molecule has 1 N–H and O–H groups in total. The van der Waals surface area contributed by atoms with Gasteiger partial charge in [0.1, 0.15) is 6.33 Å². The van der Waals surface area contributed by atoms with E-state index in [1.165, 1.54) is 23.1 Å². The predicted molar refractivity (Wildman–Crippen MR) is 91.2 cm³/mol. The first kappa shape index (κ1) is 16.6. The largest absolute Gasteiger partial charge is 0.317 e. The van der Waals surface area contributed by atoms with Crippen molar-refractivity contribution >= 4 is 28.9 Å². The topological polar surface area (TPSA) is 64.2 Å². The van der Waals surface area contributed by atoms with Crippen molar-refractivity contribution in [2.24, 2.45) is 0 Å². The summed E-state index contributed by atoms with van der Waals surface area (Å²) in [5.74, 6) is -1.63. The highest BCUT2D eigenvalue weighted by Gasteiger charge is 2.17. The van der Waals surface area contributed by atoms with Crippen molar-refractivity contribution in [3.63, 3.8) is 0 Å². The predicted octanol–water partition coefficient (Wildman–Crippen LogP) is 3.92. The Morgan fingerprint density at radius 1 is 1.28 bits per heavy atom. The quantitative estimate of drug-likeness (QED) is 0.721. The molecule has 8 heteroatoms. The number of carbonyl (C=O) groups is 1. The van der Waals surface area contributed by atoms with Gasteiger partial charge in [-0.05, 0) is 11.6 Å². The van der Waals surface area contributed by atoms with Gasteiger partial charge in [-0.1, -0.05) is 48.0 Å². The minimum atomic E-state index is -0.868. The standard InChI is InChI=1S/C17H11ClFN5O/c1-20-12-7-8-13(15(19)14(12)18)22-17(25)16-21-10-24(23-16)9-11-5-3-2-4-6-11/h2-8,10H,9H2,(H,22,25). The van der Waals surface area contributed by atoms with Gasteiger partial charge in [-0.15, -0.1) is 5.10 Å². The number of anilines is 1. The molecule has 1 amide bonds. The lowest BCUT2D eigenvalue weighted by atomic mass is 10.2. The van der Waals surface area contributed by atoms with Crippen molar-refractivity contribution in [3.05, 3.63) is 82.4 Å². The fourth-order valence-corrected chi connectivity index (χ4v) is 2.35. The smallest absolute Gasteiger partial charge is 0.295 e. The average molecular weight is 356 g/mol. The zero-order valence-corrected chi connectivity index (χ0v) is 13.5. The number of amides is 1. The zero-order valence-electron chi connectivity index (χ0n) is 12.8. The van der Waals surface area contributed by atoms with Crippen molar-refractivity contribution in [2.75, 3.05) is 5.32 Å². The van der Waals surface area contributed by atoms with Crippen LogP contribution < -0.4 is 5.32 Å². The molecule has 0 saturated carbocycles. The normalized spacial score (nSPS) is 10.3. The molecule has 0 atom stereocenters. The highest BCUT2D eigenvalue weighted by Crippen LogP contribution is 2.32. The molecule has 3 aromatic rings. The average Bonchev–Trinajstić information content (AvgIpc) is 3.09. The van der Waals surface area contributed by atoms with E-state index in [0.29, 0.717) is 6.54 Å². The maximum absolute atomic E-state index is 14.1. The van der Waals surface area contributed by atoms with Gasteiger partial charge in [0.05, 0.1) is 23.8 Å². The van der Waals surface area contributed by atoms with Crippen molar-refractivity contribution in [1.82, 2.24) is 14.8 Å².